The van der Waals surface area contributed by atoms with Gasteiger partial charge in [0.1, 0.15) is 0 Å². The molecule has 0 spiro atoms. The van der Waals surface area contributed by atoms with Crippen LogP contribution in [0.4, 0.5) is 0 Å². The number of thioether (sulfide) groups is 1. The van der Waals surface area contributed by atoms with Gasteiger partial charge in [-0.25, -0.2) is 0 Å². The van der Waals surface area contributed by atoms with Crippen LogP contribution in [0.3, 0.4) is 0 Å². The van der Waals surface area contributed by atoms with Crippen molar-refractivity contribution in [3.63, 3.8) is 0 Å². The van der Waals surface area contributed by atoms with Crippen LogP contribution in [0.5, 0.6) is 0 Å². The fourth-order valence-electron chi connectivity index (χ4n) is 1.41. The molecule has 1 aromatic rings. The summed E-state index contributed by atoms with van der Waals surface area (Å²) in [7, 11) is 0. The molecule has 0 aliphatic heterocycles. The Kier molecular flexibility index (Phi) is 3.07. The zero-order chi connectivity index (χ0) is 10.1. The zero-order valence-corrected chi connectivity index (χ0v) is 9.96. The van der Waals surface area contributed by atoms with Crippen LogP contribution in [0.25, 0.3) is 0 Å². The number of hydrogen-bond donors (Lipinski definition) is 0. The molecule has 0 atom stereocenters. The summed E-state index contributed by atoms with van der Waals surface area (Å²) in [5.74, 6) is 0. The van der Waals surface area contributed by atoms with E-state index in [1.807, 2.05) is 11.8 Å². The molecule has 0 aliphatic carbocycles. The smallest absolute Gasteiger partial charge is 0.0107 e. The number of benzene rings is 1. The minimum atomic E-state index is 0.254. The summed E-state index contributed by atoms with van der Waals surface area (Å²) < 4.78 is 0. The number of aryl methyl sites for hydroxylation is 1. The standard InChI is InChI=1S/C12H18S/c1-9-6-7-11(13-5)10(8-9)12(2,3)4/h6-8H,1-5H3. The molecule has 0 N–H and O–H groups in total. The van der Waals surface area contributed by atoms with E-state index in [1.165, 1.54) is 16.0 Å². The minimum Gasteiger partial charge on any atom is -0.129 e. The molecule has 0 amide bonds. The highest BCUT2D eigenvalue weighted by Crippen LogP contribution is 2.31. The van der Waals surface area contributed by atoms with E-state index in [0.717, 1.165) is 0 Å². The predicted octanol–water partition coefficient (Wildman–Crippen LogP) is 4.01. The SMILES string of the molecule is CSc1ccc(C)cc1C(C)(C)C. The van der Waals surface area contributed by atoms with Gasteiger partial charge in [0, 0.05) is 4.90 Å². The van der Waals surface area contributed by atoms with Crippen molar-refractivity contribution >= 4 is 11.8 Å². The van der Waals surface area contributed by atoms with E-state index in [2.05, 4.69) is 52.1 Å². The highest BCUT2D eigenvalue weighted by molar-refractivity contribution is 7.98. The van der Waals surface area contributed by atoms with E-state index in [1.54, 1.807) is 0 Å². The monoisotopic (exact) mass is 194 g/mol. The van der Waals surface area contributed by atoms with Crippen molar-refractivity contribution in [3.8, 4) is 0 Å². The summed E-state index contributed by atoms with van der Waals surface area (Å²) in [5, 5.41) is 0. The van der Waals surface area contributed by atoms with Gasteiger partial charge in [-0.2, -0.15) is 0 Å². The van der Waals surface area contributed by atoms with E-state index in [4.69, 9.17) is 0 Å². The van der Waals surface area contributed by atoms with Crippen molar-refractivity contribution < 1.29 is 0 Å². The molecule has 1 aromatic carbocycles. The van der Waals surface area contributed by atoms with Crippen molar-refractivity contribution in [2.24, 2.45) is 0 Å². The molecular weight excluding hydrogens is 176 g/mol. The van der Waals surface area contributed by atoms with Crippen LogP contribution >= 0.6 is 11.8 Å². The van der Waals surface area contributed by atoms with Crippen LogP contribution in [-0.2, 0) is 5.41 Å². The van der Waals surface area contributed by atoms with Crippen LogP contribution in [0, 0.1) is 6.92 Å². The van der Waals surface area contributed by atoms with Crippen LogP contribution in [0.2, 0.25) is 0 Å². The maximum Gasteiger partial charge on any atom is 0.0107 e. The third-order valence-electron chi connectivity index (χ3n) is 2.16. The van der Waals surface area contributed by atoms with Gasteiger partial charge in [0.15, 0.2) is 0 Å². The zero-order valence-electron chi connectivity index (χ0n) is 9.14. The molecule has 0 radical (unpaired) electrons. The summed E-state index contributed by atoms with van der Waals surface area (Å²) in [6, 6.07) is 6.70. The first-order valence-corrected chi connectivity index (χ1v) is 5.83. The second kappa shape index (κ2) is 3.75. The van der Waals surface area contributed by atoms with Gasteiger partial charge < -0.3 is 0 Å². The Bertz CT molecular complexity index is 294. The van der Waals surface area contributed by atoms with E-state index < -0.39 is 0 Å². The summed E-state index contributed by atoms with van der Waals surface area (Å²) in [5.41, 5.74) is 3.06. The minimum absolute atomic E-state index is 0.254. The Balaban J connectivity index is 3.24. The molecule has 1 heteroatoms. The van der Waals surface area contributed by atoms with E-state index in [-0.39, 0.29) is 5.41 Å². The summed E-state index contributed by atoms with van der Waals surface area (Å²) in [4.78, 5) is 1.40. The molecule has 1 rings (SSSR count). The average molecular weight is 194 g/mol. The molecule has 0 saturated carbocycles. The van der Waals surface area contributed by atoms with Gasteiger partial charge in [-0.15, -0.1) is 11.8 Å². The Labute approximate surface area is 85.7 Å². The van der Waals surface area contributed by atoms with Gasteiger partial charge in [0.2, 0.25) is 0 Å². The van der Waals surface area contributed by atoms with Crippen LogP contribution in [0.15, 0.2) is 23.1 Å². The average Bonchev–Trinajstić information content (AvgIpc) is 2.03. The molecule has 72 valence electrons. The largest absolute Gasteiger partial charge is 0.129 e. The van der Waals surface area contributed by atoms with Gasteiger partial charge in [-0.3, -0.25) is 0 Å². The number of hydrogen-bond acceptors (Lipinski definition) is 1. The van der Waals surface area contributed by atoms with Crippen LogP contribution < -0.4 is 0 Å². The third kappa shape index (κ3) is 2.50. The molecule has 0 nitrogen and oxygen atoms in total. The maximum absolute atomic E-state index is 2.30. The fourth-order valence-corrected chi connectivity index (χ4v) is 2.20. The lowest BCUT2D eigenvalue weighted by molar-refractivity contribution is 0.577. The molecule has 0 fully saturated rings. The molecule has 0 bridgehead atoms. The lowest BCUT2D eigenvalue weighted by Crippen LogP contribution is -2.12. The van der Waals surface area contributed by atoms with E-state index >= 15 is 0 Å². The first-order valence-electron chi connectivity index (χ1n) is 4.60. The van der Waals surface area contributed by atoms with Crippen molar-refractivity contribution in [2.75, 3.05) is 6.26 Å². The molecule has 0 saturated heterocycles. The topological polar surface area (TPSA) is 0 Å². The Hall–Kier alpha value is -0.430. The summed E-state index contributed by atoms with van der Waals surface area (Å²) in [6.07, 6.45) is 2.14. The second-order valence-corrected chi connectivity index (χ2v) is 5.30. The lowest BCUT2D eigenvalue weighted by Gasteiger charge is -2.22. The fraction of sp³-hybridized carbons (Fsp3) is 0.500. The van der Waals surface area contributed by atoms with E-state index in [9.17, 15) is 0 Å². The third-order valence-corrected chi connectivity index (χ3v) is 2.96. The van der Waals surface area contributed by atoms with Gasteiger partial charge in [0.25, 0.3) is 0 Å². The predicted molar refractivity (Wildman–Crippen MR) is 61.7 cm³/mol. The van der Waals surface area contributed by atoms with Gasteiger partial charge >= 0.3 is 0 Å². The van der Waals surface area contributed by atoms with Gasteiger partial charge in [0.05, 0.1) is 0 Å². The lowest BCUT2D eigenvalue weighted by atomic mass is 9.86. The molecule has 0 heterocycles. The quantitative estimate of drug-likeness (QED) is 0.609. The Morgan fingerprint density at radius 1 is 1.15 bits per heavy atom. The maximum atomic E-state index is 2.30. The molecular formula is C12H18S. The summed E-state index contributed by atoms with van der Waals surface area (Å²) in [6.45, 7) is 8.95. The molecule has 0 aromatic heterocycles. The molecule has 0 aliphatic rings. The van der Waals surface area contributed by atoms with Gasteiger partial charge in [-0.05, 0) is 30.2 Å². The number of rotatable bonds is 1. The Morgan fingerprint density at radius 3 is 2.23 bits per heavy atom. The highest BCUT2D eigenvalue weighted by atomic mass is 32.2. The highest BCUT2D eigenvalue weighted by Gasteiger charge is 2.17. The van der Waals surface area contributed by atoms with Gasteiger partial charge in [-0.1, -0.05) is 38.5 Å². The van der Waals surface area contributed by atoms with Crippen LogP contribution in [0.1, 0.15) is 31.9 Å². The van der Waals surface area contributed by atoms with Crippen molar-refractivity contribution in [3.05, 3.63) is 29.3 Å². The Morgan fingerprint density at radius 2 is 1.77 bits per heavy atom. The van der Waals surface area contributed by atoms with Crippen molar-refractivity contribution in [1.29, 1.82) is 0 Å². The van der Waals surface area contributed by atoms with E-state index in [0.29, 0.717) is 0 Å². The normalized spacial score (nSPS) is 11.8. The van der Waals surface area contributed by atoms with Crippen molar-refractivity contribution in [2.45, 2.75) is 38.0 Å². The molecule has 13 heavy (non-hydrogen) atoms. The summed E-state index contributed by atoms with van der Waals surface area (Å²) >= 11 is 1.83. The van der Waals surface area contributed by atoms with Crippen molar-refractivity contribution in [1.82, 2.24) is 0 Å². The molecule has 0 unspecified atom stereocenters. The first kappa shape index (κ1) is 10.6. The van der Waals surface area contributed by atoms with Crippen LogP contribution in [-0.4, -0.2) is 6.26 Å². The second-order valence-electron chi connectivity index (χ2n) is 4.45. The first-order chi connectivity index (χ1) is 5.95.